The molecule has 0 radical (unpaired) electrons. The lowest BCUT2D eigenvalue weighted by Gasteiger charge is -2.20. The molecule has 25 heavy (non-hydrogen) atoms. The quantitative estimate of drug-likeness (QED) is 0.226. The van der Waals surface area contributed by atoms with E-state index in [-0.39, 0.29) is 53.3 Å². The van der Waals surface area contributed by atoms with Crippen molar-refractivity contribution in [2.24, 2.45) is 10.9 Å². The molecule has 2 fully saturated rings. The average molecular weight is 486 g/mol. The van der Waals surface area contributed by atoms with E-state index in [1.165, 1.54) is 6.42 Å². The number of sulfone groups is 1. The Morgan fingerprint density at radius 2 is 1.84 bits per heavy atom. The van der Waals surface area contributed by atoms with Crippen molar-refractivity contribution in [1.82, 2.24) is 16.0 Å². The van der Waals surface area contributed by atoms with Crippen molar-refractivity contribution in [1.29, 1.82) is 0 Å². The van der Waals surface area contributed by atoms with Gasteiger partial charge in [-0.1, -0.05) is 19.3 Å². The third-order valence-corrected chi connectivity index (χ3v) is 6.34. The molecular weight excluding hydrogens is 455 g/mol. The Morgan fingerprint density at radius 3 is 2.44 bits per heavy atom. The van der Waals surface area contributed by atoms with E-state index in [0.717, 1.165) is 25.7 Å². The monoisotopic (exact) mass is 486 g/mol. The molecule has 0 bridgehead atoms. The van der Waals surface area contributed by atoms with Gasteiger partial charge in [-0.3, -0.25) is 9.79 Å². The fourth-order valence-electron chi connectivity index (χ4n) is 3.28. The van der Waals surface area contributed by atoms with Crippen LogP contribution in [0, 0.1) is 5.92 Å². The van der Waals surface area contributed by atoms with Gasteiger partial charge >= 0.3 is 0 Å². The van der Waals surface area contributed by atoms with Crippen LogP contribution in [0.3, 0.4) is 0 Å². The summed E-state index contributed by atoms with van der Waals surface area (Å²) in [6.07, 6.45) is 6.14. The molecule has 7 nitrogen and oxygen atoms in total. The highest BCUT2D eigenvalue weighted by Crippen LogP contribution is 2.23. The Morgan fingerprint density at radius 1 is 1.12 bits per heavy atom. The molecule has 0 aromatic heterocycles. The number of rotatable bonds is 6. The van der Waals surface area contributed by atoms with Crippen molar-refractivity contribution in [3.63, 3.8) is 0 Å². The van der Waals surface area contributed by atoms with Crippen LogP contribution in [0.2, 0.25) is 0 Å². The summed E-state index contributed by atoms with van der Waals surface area (Å²) in [5.41, 5.74) is 0. The molecule has 3 N–H and O–H groups in total. The maximum atomic E-state index is 12.1. The number of nitrogens with one attached hydrogen (secondary N) is 3. The fraction of sp³-hybridized carbons (Fsp3) is 0.875. The van der Waals surface area contributed by atoms with E-state index in [1.807, 2.05) is 6.92 Å². The van der Waals surface area contributed by atoms with Gasteiger partial charge in [-0.05, 0) is 26.2 Å². The van der Waals surface area contributed by atoms with Crippen molar-refractivity contribution in [2.75, 3.05) is 31.1 Å². The summed E-state index contributed by atoms with van der Waals surface area (Å²) in [6, 6.07) is -0.0790. The number of hydrogen-bond acceptors (Lipinski definition) is 4. The number of carbonyl (C=O) groups excluding carboxylic acids is 1. The number of guanidine groups is 1. The summed E-state index contributed by atoms with van der Waals surface area (Å²) >= 11 is 0. The molecule has 1 heterocycles. The number of hydrogen-bond donors (Lipinski definition) is 3. The van der Waals surface area contributed by atoms with Crippen LogP contribution in [0.25, 0.3) is 0 Å². The van der Waals surface area contributed by atoms with E-state index in [1.54, 1.807) is 0 Å². The first-order valence-electron chi connectivity index (χ1n) is 9.03. The van der Waals surface area contributed by atoms with Gasteiger partial charge < -0.3 is 16.0 Å². The van der Waals surface area contributed by atoms with Gasteiger partial charge in [0.25, 0.3) is 0 Å². The second-order valence-electron chi connectivity index (χ2n) is 6.63. The van der Waals surface area contributed by atoms with E-state index in [0.29, 0.717) is 32.0 Å². The summed E-state index contributed by atoms with van der Waals surface area (Å²) in [6.45, 7) is 3.66. The molecule has 146 valence electrons. The molecule has 2 rings (SSSR count). The predicted molar refractivity (Wildman–Crippen MR) is 111 cm³/mol. The summed E-state index contributed by atoms with van der Waals surface area (Å²) in [5.74, 6) is 1.33. The van der Waals surface area contributed by atoms with Gasteiger partial charge in [-0.2, -0.15) is 0 Å². The summed E-state index contributed by atoms with van der Waals surface area (Å²) in [4.78, 5) is 16.5. The molecular formula is C16H31IN4O3S. The van der Waals surface area contributed by atoms with Crippen LogP contribution in [-0.4, -0.2) is 57.5 Å². The summed E-state index contributed by atoms with van der Waals surface area (Å²) in [7, 11) is -2.91. The summed E-state index contributed by atoms with van der Waals surface area (Å²) < 4.78 is 23.0. The minimum Gasteiger partial charge on any atom is -0.357 e. The lowest BCUT2D eigenvalue weighted by molar-refractivity contribution is -0.125. The zero-order valence-corrected chi connectivity index (χ0v) is 18.1. The smallest absolute Gasteiger partial charge is 0.223 e. The Bertz CT molecular complexity index is 548. The van der Waals surface area contributed by atoms with Crippen molar-refractivity contribution in [3.8, 4) is 0 Å². The number of halogens is 1. The van der Waals surface area contributed by atoms with Crippen molar-refractivity contribution in [2.45, 2.75) is 51.5 Å². The Balaban J connectivity index is 0.00000312. The Hall–Kier alpha value is -0.580. The highest BCUT2D eigenvalue weighted by atomic mass is 127. The largest absolute Gasteiger partial charge is 0.357 e. The number of carbonyl (C=O) groups is 1. The molecule has 1 saturated carbocycles. The third kappa shape index (κ3) is 8.10. The highest BCUT2D eigenvalue weighted by Gasteiger charge is 2.28. The van der Waals surface area contributed by atoms with Crippen molar-refractivity contribution in [3.05, 3.63) is 0 Å². The fourth-order valence-corrected chi connectivity index (χ4v) is 4.95. The van der Waals surface area contributed by atoms with Gasteiger partial charge in [0.2, 0.25) is 5.91 Å². The van der Waals surface area contributed by atoms with E-state index in [9.17, 15) is 13.2 Å². The normalized spacial score (nSPS) is 23.6. The maximum Gasteiger partial charge on any atom is 0.223 e. The lowest BCUT2D eigenvalue weighted by Crippen LogP contribution is -2.44. The first-order valence-corrected chi connectivity index (χ1v) is 10.9. The molecule has 9 heteroatoms. The molecule has 1 saturated heterocycles. The molecule has 1 aliphatic carbocycles. The molecule has 0 aromatic carbocycles. The van der Waals surface area contributed by atoms with Gasteiger partial charge in [-0.25, -0.2) is 8.42 Å². The van der Waals surface area contributed by atoms with Crippen LogP contribution in [0.5, 0.6) is 0 Å². The highest BCUT2D eigenvalue weighted by molar-refractivity contribution is 14.0. The standard InChI is InChI=1S/C16H30N4O3S.HI/c1-2-17-16(20-14-8-11-24(22,23)12-14)19-10-9-18-15(21)13-6-4-3-5-7-13;/h13-14H,2-12H2,1H3,(H,18,21)(H2,17,19,20);1H. The number of aliphatic imine (C=N–C) groups is 1. The summed E-state index contributed by atoms with van der Waals surface area (Å²) in [5, 5.41) is 9.25. The third-order valence-electron chi connectivity index (χ3n) is 4.57. The van der Waals surface area contributed by atoms with E-state index in [2.05, 4.69) is 20.9 Å². The van der Waals surface area contributed by atoms with Crippen LogP contribution in [0.15, 0.2) is 4.99 Å². The van der Waals surface area contributed by atoms with Crippen LogP contribution in [0.4, 0.5) is 0 Å². The van der Waals surface area contributed by atoms with Crippen LogP contribution >= 0.6 is 24.0 Å². The first kappa shape index (κ1) is 22.5. The zero-order chi connectivity index (χ0) is 17.4. The van der Waals surface area contributed by atoms with Gasteiger partial charge in [0.1, 0.15) is 0 Å². The van der Waals surface area contributed by atoms with Gasteiger partial charge in [0.15, 0.2) is 15.8 Å². The van der Waals surface area contributed by atoms with E-state index in [4.69, 9.17) is 0 Å². The van der Waals surface area contributed by atoms with Crippen LogP contribution in [0.1, 0.15) is 45.4 Å². The minimum atomic E-state index is -2.91. The molecule has 1 amide bonds. The molecule has 1 unspecified atom stereocenters. The van der Waals surface area contributed by atoms with Gasteiger partial charge in [-0.15, -0.1) is 24.0 Å². The SMILES string of the molecule is CCNC(=NCCNC(=O)C1CCCCC1)NC1CCS(=O)(=O)C1.I. The number of nitrogens with zero attached hydrogens (tertiary/aromatic N) is 1. The molecule has 2 aliphatic rings. The van der Waals surface area contributed by atoms with E-state index >= 15 is 0 Å². The molecule has 0 spiro atoms. The topological polar surface area (TPSA) is 99.7 Å². The predicted octanol–water partition coefficient (Wildman–Crippen LogP) is 1.04. The zero-order valence-electron chi connectivity index (χ0n) is 14.9. The first-order chi connectivity index (χ1) is 11.5. The molecule has 0 aromatic rings. The lowest BCUT2D eigenvalue weighted by atomic mass is 9.89. The molecule has 1 atom stereocenters. The van der Waals surface area contributed by atoms with E-state index < -0.39 is 9.84 Å². The molecule has 1 aliphatic heterocycles. The second kappa shape index (κ2) is 11.2. The Labute approximate surface area is 168 Å². The van der Waals surface area contributed by atoms with Gasteiger partial charge in [0, 0.05) is 25.0 Å². The average Bonchev–Trinajstić information content (AvgIpc) is 2.91. The Kier molecular flexibility index (Phi) is 10.1. The van der Waals surface area contributed by atoms with Crippen LogP contribution < -0.4 is 16.0 Å². The van der Waals surface area contributed by atoms with Crippen LogP contribution in [-0.2, 0) is 14.6 Å². The minimum absolute atomic E-state index is 0. The number of amides is 1. The van der Waals surface area contributed by atoms with Crippen molar-refractivity contribution < 1.29 is 13.2 Å². The maximum absolute atomic E-state index is 12.1. The second-order valence-corrected chi connectivity index (χ2v) is 8.86. The van der Waals surface area contributed by atoms with Gasteiger partial charge in [0.05, 0.1) is 18.1 Å². The van der Waals surface area contributed by atoms with Crippen molar-refractivity contribution >= 4 is 45.7 Å².